The third-order valence-electron chi connectivity index (χ3n) is 3.52. The summed E-state index contributed by atoms with van der Waals surface area (Å²) in [5.41, 5.74) is 1.42. The maximum Gasteiger partial charge on any atom is 0.0480 e. The Balaban J connectivity index is 1.70. The molecule has 1 aliphatic heterocycles. The van der Waals surface area contributed by atoms with Crippen molar-refractivity contribution in [3.8, 4) is 0 Å². The molecule has 0 aliphatic carbocycles. The van der Waals surface area contributed by atoms with E-state index in [-0.39, 0.29) is 0 Å². The molecule has 1 aromatic carbocycles. The Hall–Kier alpha value is -0.380. The number of ether oxygens (including phenoxy) is 1. The highest BCUT2D eigenvalue weighted by Gasteiger charge is 2.15. The molecule has 1 heterocycles. The van der Waals surface area contributed by atoms with Gasteiger partial charge in [-0.1, -0.05) is 28.1 Å². The lowest BCUT2D eigenvalue weighted by Crippen LogP contribution is -2.40. The second-order valence-corrected chi connectivity index (χ2v) is 6.04. The van der Waals surface area contributed by atoms with Crippen molar-refractivity contribution in [3.63, 3.8) is 0 Å². The zero-order valence-corrected chi connectivity index (χ0v) is 12.6. The van der Waals surface area contributed by atoms with Crippen molar-refractivity contribution in [1.82, 2.24) is 5.32 Å². The fourth-order valence-electron chi connectivity index (χ4n) is 2.38. The van der Waals surface area contributed by atoms with Crippen LogP contribution < -0.4 is 5.32 Å². The van der Waals surface area contributed by atoms with Gasteiger partial charge in [-0.15, -0.1) is 0 Å². The van der Waals surface area contributed by atoms with Crippen LogP contribution >= 0.6 is 15.9 Å². The monoisotopic (exact) mass is 311 g/mol. The molecule has 1 aromatic rings. The van der Waals surface area contributed by atoms with Crippen molar-refractivity contribution in [2.75, 3.05) is 13.2 Å². The van der Waals surface area contributed by atoms with Gasteiger partial charge >= 0.3 is 0 Å². The Morgan fingerprint density at radius 2 is 1.94 bits per heavy atom. The number of rotatable bonds is 5. The van der Waals surface area contributed by atoms with Crippen LogP contribution in [0.1, 0.15) is 31.7 Å². The molecule has 100 valence electrons. The number of aryl methyl sites for hydroxylation is 1. The van der Waals surface area contributed by atoms with Gasteiger partial charge in [-0.3, -0.25) is 0 Å². The molecule has 0 saturated carbocycles. The van der Waals surface area contributed by atoms with Crippen LogP contribution in [-0.2, 0) is 11.2 Å². The number of hydrogen-bond donors (Lipinski definition) is 1. The van der Waals surface area contributed by atoms with Crippen molar-refractivity contribution >= 4 is 15.9 Å². The third-order valence-corrected chi connectivity index (χ3v) is 4.05. The molecule has 0 spiro atoms. The Morgan fingerprint density at radius 3 is 2.61 bits per heavy atom. The first-order valence-corrected chi connectivity index (χ1v) is 7.61. The van der Waals surface area contributed by atoms with Crippen LogP contribution in [0.5, 0.6) is 0 Å². The van der Waals surface area contributed by atoms with Crippen LogP contribution in [0, 0.1) is 0 Å². The minimum Gasteiger partial charge on any atom is -0.381 e. The first-order valence-electron chi connectivity index (χ1n) is 6.82. The van der Waals surface area contributed by atoms with E-state index in [1.54, 1.807) is 0 Å². The summed E-state index contributed by atoms with van der Waals surface area (Å²) in [6.07, 6.45) is 4.65. The van der Waals surface area contributed by atoms with Crippen molar-refractivity contribution in [1.29, 1.82) is 0 Å². The standard InChI is InChI=1S/C15H22BrNO/c1-12(17-15-8-10-18-11-9-15)2-3-13-4-6-14(16)7-5-13/h4-7,12,15,17H,2-3,8-11H2,1H3. The zero-order valence-electron chi connectivity index (χ0n) is 11.0. The second kappa shape index (κ2) is 7.27. The van der Waals surface area contributed by atoms with Crippen molar-refractivity contribution < 1.29 is 4.74 Å². The lowest BCUT2D eigenvalue weighted by atomic mass is 10.0. The van der Waals surface area contributed by atoms with E-state index >= 15 is 0 Å². The Morgan fingerprint density at radius 1 is 1.28 bits per heavy atom. The van der Waals surface area contributed by atoms with Gasteiger partial charge in [0.25, 0.3) is 0 Å². The van der Waals surface area contributed by atoms with E-state index in [0.29, 0.717) is 12.1 Å². The van der Waals surface area contributed by atoms with Gasteiger partial charge in [-0.05, 0) is 50.3 Å². The van der Waals surface area contributed by atoms with Gasteiger partial charge in [0.15, 0.2) is 0 Å². The summed E-state index contributed by atoms with van der Waals surface area (Å²) in [6.45, 7) is 4.11. The van der Waals surface area contributed by atoms with E-state index in [9.17, 15) is 0 Å². The van der Waals surface area contributed by atoms with Gasteiger partial charge in [0, 0.05) is 29.8 Å². The summed E-state index contributed by atoms with van der Waals surface area (Å²) in [5, 5.41) is 3.71. The molecule has 0 amide bonds. The first kappa shape index (κ1) is 14.0. The lowest BCUT2D eigenvalue weighted by Gasteiger charge is -2.26. The van der Waals surface area contributed by atoms with Crippen molar-refractivity contribution in [2.45, 2.75) is 44.7 Å². The van der Waals surface area contributed by atoms with Gasteiger partial charge < -0.3 is 10.1 Å². The molecular formula is C15H22BrNO. The smallest absolute Gasteiger partial charge is 0.0480 e. The number of hydrogen-bond acceptors (Lipinski definition) is 2. The highest BCUT2D eigenvalue weighted by atomic mass is 79.9. The van der Waals surface area contributed by atoms with Crippen LogP contribution in [0.3, 0.4) is 0 Å². The summed E-state index contributed by atoms with van der Waals surface area (Å²) >= 11 is 3.47. The van der Waals surface area contributed by atoms with E-state index in [1.807, 2.05) is 0 Å². The van der Waals surface area contributed by atoms with Crippen LogP contribution in [0.25, 0.3) is 0 Å². The lowest BCUT2D eigenvalue weighted by molar-refractivity contribution is 0.0752. The van der Waals surface area contributed by atoms with Crippen LogP contribution in [0.4, 0.5) is 0 Å². The average molecular weight is 312 g/mol. The highest BCUT2D eigenvalue weighted by molar-refractivity contribution is 9.10. The van der Waals surface area contributed by atoms with Crippen LogP contribution in [0.15, 0.2) is 28.7 Å². The summed E-state index contributed by atoms with van der Waals surface area (Å²) in [6, 6.07) is 9.87. The first-order chi connectivity index (χ1) is 8.74. The van der Waals surface area contributed by atoms with E-state index in [4.69, 9.17) is 4.74 Å². The molecule has 1 aliphatic rings. The van der Waals surface area contributed by atoms with Crippen LogP contribution in [0.2, 0.25) is 0 Å². The fourth-order valence-corrected chi connectivity index (χ4v) is 2.65. The largest absolute Gasteiger partial charge is 0.381 e. The SMILES string of the molecule is CC(CCc1ccc(Br)cc1)NC1CCOCC1. The average Bonchev–Trinajstić information content (AvgIpc) is 2.39. The summed E-state index contributed by atoms with van der Waals surface area (Å²) in [7, 11) is 0. The second-order valence-electron chi connectivity index (χ2n) is 5.12. The molecule has 1 N–H and O–H groups in total. The maximum atomic E-state index is 5.38. The molecule has 1 fully saturated rings. The Kier molecular flexibility index (Phi) is 5.67. The van der Waals surface area contributed by atoms with Crippen molar-refractivity contribution in [2.24, 2.45) is 0 Å². The summed E-state index contributed by atoms with van der Waals surface area (Å²) < 4.78 is 6.53. The topological polar surface area (TPSA) is 21.3 Å². The quantitative estimate of drug-likeness (QED) is 0.898. The molecule has 3 heteroatoms. The van der Waals surface area contributed by atoms with Gasteiger partial charge in [0.1, 0.15) is 0 Å². The van der Waals surface area contributed by atoms with Gasteiger partial charge in [0.2, 0.25) is 0 Å². The molecule has 2 nitrogen and oxygen atoms in total. The molecule has 1 saturated heterocycles. The molecular weight excluding hydrogens is 290 g/mol. The van der Waals surface area contributed by atoms with Gasteiger partial charge in [-0.2, -0.15) is 0 Å². The molecule has 18 heavy (non-hydrogen) atoms. The van der Waals surface area contributed by atoms with E-state index in [0.717, 1.165) is 36.9 Å². The van der Waals surface area contributed by atoms with E-state index < -0.39 is 0 Å². The van der Waals surface area contributed by atoms with Gasteiger partial charge in [-0.25, -0.2) is 0 Å². The molecule has 2 rings (SSSR count). The summed E-state index contributed by atoms with van der Waals surface area (Å²) in [4.78, 5) is 0. The summed E-state index contributed by atoms with van der Waals surface area (Å²) in [5.74, 6) is 0. The molecule has 1 unspecified atom stereocenters. The van der Waals surface area contributed by atoms with E-state index in [2.05, 4.69) is 52.4 Å². The Bertz CT molecular complexity index is 346. The maximum absolute atomic E-state index is 5.38. The molecule has 0 bridgehead atoms. The number of nitrogens with one attached hydrogen (secondary N) is 1. The number of halogens is 1. The fraction of sp³-hybridized carbons (Fsp3) is 0.600. The predicted octanol–water partition coefficient (Wildman–Crippen LogP) is 3.54. The molecule has 0 aromatic heterocycles. The normalized spacial score (nSPS) is 18.8. The van der Waals surface area contributed by atoms with E-state index in [1.165, 1.54) is 12.0 Å². The minimum absolute atomic E-state index is 0.580. The van der Waals surface area contributed by atoms with Gasteiger partial charge in [0.05, 0.1) is 0 Å². The minimum atomic E-state index is 0.580. The predicted molar refractivity (Wildman–Crippen MR) is 78.9 cm³/mol. The highest BCUT2D eigenvalue weighted by Crippen LogP contribution is 2.13. The molecule has 0 radical (unpaired) electrons. The third kappa shape index (κ3) is 4.71. The van der Waals surface area contributed by atoms with Crippen LogP contribution in [-0.4, -0.2) is 25.3 Å². The van der Waals surface area contributed by atoms with Crippen molar-refractivity contribution in [3.05, 3.63) is 34.3 Å². The Labute approximate surface area is 118 Å². The zero-order chi connectivity index (χ0) is 12.8. The molecule has 1 atom stereocenters. The number of benzene rings is 1.